The zero-order valence-corrected chi connectivity index (χ0v) is 18.2. The number of anilines is 1. The molecule has 33 heavy (non-hydrogen) atoms. The molecule has 0 bridgehead atoms. The molecule has 0 fully saturated rings. The van der Waals surface area contributed by atoms with Crippen LogP contribution < -0.4 is 20.3 Å². The van der Waals surface area contributed by atoms with Crippen LogP contribution in [0.15, 0.2) is 82.7 Å². The highest BCUT2D eigenvalue weighted by Gasteiger charge is 2.10. The summed E-state index contributed by atoms with van der Waals surface area (Å²) in [6, 6.07) is 21.4. The number of carbonyl (C=O) groups is 1. The van der Waals surface area contributed by atoms with Crippen LogP contribution in [-0.2, 0) is 4.79 Å². The molecule has 1 amide bonds. The van der Waals surface area contributed by atoms with Crippen LogP contribution in [0.3, 0.4) is 0 Å². The monoisotopic (exact) mass is 442 g/mol. The molecule has 4 aromatic rings. The molecule has 8 nitrogen and oxygen atoms in total. The van der Waals surface area contributed by atoms with E-state index in [1.165, 1.54) is 11.8 Å². The second-order valence-electron chi connectivity index (χ2n) is 7.15. The van der Waals surface area contributed by atoms with Gasteiger partial charge in [0.05, 0.1) is 24.2 Å². The van der Waals surface area contributed by atoms with Crippen LogP contribution in [0.4, 0.5) is 5.69 Å². The number of para-hydroxylation sites is 2. The van der Waals surface area contributed by atoms with Crippen LogP contribution >= 0.6 is 0 Å². The molecule has 0 spiro atoms. The first-order chi connectivity index (χ1) is 16.0. The third-order valence-corrected chi connectivity index (χ3v) is 4.84. The number of hydrogen-bond donors (Lipinski definition) is 1. The minimum Gasteiger partial charge on any atom is -0.493 e. The van der Waals surface area contributed by atoms with Gasteiger partial charge in [-0.15, -0.1) is 0 Å². The molecule has 166 valence electrons. The van der Waals surface area contributed by atoms with Crippen LogP contribution in [0, 0.1) is 6.92 Å². The van der Waals surface area contributed by atoms with Crippen molar-refractivity contribution >= 4 is 28.7 Å². The molecule has 0 radical (unpaired) electrons. The van der Waals surface area contributed by atoms with Crippen molar-refractivity contribution in [3.05, 3.63) is 94.5 Å². The SMILES string of the molecule is COc1cc(/C=N/n2c(C)nc3ccccc3c2=O)ccc1OCC(=O)Nc1ccccc1. The van der Waals surface area contributed by atoms with Crippen LogP contribution in [0.5, 0.6) is 11.5 Å². The van der Waals surface area contributed by atoms with Gasteiger partial charge in [0, 0.05) is 5.69 Å². The van der Waals surface area contributed by atoms with Gasteiger partial charge in [0.15, 0.2) is 18.1 Å². The van der Waals surface area contributed by atoms with Crippen molar-refractivity contribution in [1.29, 1.82) is 0 Å². The second kappa shape index (κ2) is 9.78. The fourth-order valence-electron chi connectivity index (χ4n) is 3.24. The maximum absolute atomic E-state index is 12.8. The van der Waals surface area contributed by atoms with Crippen molar-refractivity contribution in [2.75, 3.05) is 19.0 Å². The highest BCUT2D eigenvalue weighted by molar-refractivity contribution is 5.91. The molecule has 1 N–H and O–H groups in total. The lowest BCUT2D eigenvalue weighted by Gasteiger charge is -2.11. The maximum Gasteiger partial charge on any atom is 0.282 e. The summed E-state index contributed by atoms with van der Waals surface area (Å²) >= 11 is 0. The fourth-order valence-corrected chi connectivity index (χ4v) is 3.24. The van der Waals surface area contributed by atoms with Crippen molar-refractivity contribution in [3.63, 3.8) is 0 Å². The van der Waals surface area contributed by atoms with Crippen molar-refractivity contribution in [1.82, 2.24) is 9.66 Å². The topological polar surface area (TPSA) is 94.8 Å². The molecule has 1 heterocycles. The maximum atomic E-state index is 12.8. The standard InChI is InChI=1S/C25H22N4O4/c1-17-27-21-11-7-6-10-20(21)25(31)29(17)26-15-18-12-13-22(23(14-18)32-2)33-16-24(30)28-19-8-4-3-5-9-19/h3-15H,16H2,1-2H3,(H,28,30)/b26-15+. The number of amides is 1. The van der Waals surface area contributed by atoms with E-state index >= 15 is 0 Å². The first-order valence-electron chi connectivity index (χ1n) is 10.2. The number of hydrogen-bond acceptors (Lipinski definition) is 6. The molecule has 0 aliphatic rings. The minimum atomic E-state index is -0.285. The molecule has 1 aromatic heterocycles. The minimum absolute atomic E-state index is 0.171. The molecule has 0 saturated heterocycles. The van der Waals surface area contributed by atoms with Gasteiger partial charge in [0.1, 0.15) is 5.82 Å². The highest BCUT2D eigenvalue weighted by Crippen LogP contribution is 2.27. The van der Waals surface area contributed by atoms with Gasteiger partial charge in [-0.2, -0.15) is 9.78 Å². The van der Waals surface area contributed by atoms with Crippen molar-refractivity contribution < 1.29 is 14.3 Å². The largest absolute Gasteiger partial charge is 0.493 e. The Hall–Kier alpha value is -4.46. The number of ether oxygens (including phenoxy) is 2. The van der Waals surface area contributed by atoms with Crippen LogP contribution in [-0.4, -0.2) is 35.5 Å². The molecule has 0 unspecified atom stereocenters. The van der Waals surface area contributed by atoms with Gasteiger partial charge in [0.2, 0.25) is 0 Å². The van der Waals surface area contributed by atoms with E-state index in [-0.39, 0.29) is 18.1 Å². The quantitative estimate of drug-likeness (QED) is 0.441. The van der Waals surface area contributed by atoms with Crippen LogP contribution in [0.25, 0.3) is 10.9 Å². The summed E-state index contributed by atoms with van der Waals surface area (Å²) in [6.07, 6.45) is 1.54. The van der Waals surface area contributed by atoms with E-state index in [0.717, 1.165) is 0 Å². The Labute approximate surface area is 190 Å². The zero-order chi connectivity index (χ0) is 23.2. The van der Waals surface area contributed by atoms with E-state index in [9.17, 15) is 9.59 Å². The number of aromatic nitrogens is 2. The summed E-state index contributed by atoms with van der Waals surface area (Å²) in [6.45, 7) is 1.55. The third kappa shape index (κ3) is 5.07. The Morgan fingerprint density at radius 3 is 2.61 bits per heavy atom. The first kappa shape index (κ1) is 21.8. The molecule has 0 aliphatic heterocycles. The highest BCUT2D eigenvalue weighted by atomic mass is 16.5. The van der Waals surface area contributed by atoms with Crippen molar-refractivity contribution in [2.24, 2.45) is 5.10 Å². The number of nitrogens with zero attached hydrogens (tertiary/aromatic N) is 3. The summed E-state index contributed by atoms with van der Waals surface area (Å²) < 4.78 is 12.3. The van der Waals surface area contributed by atoms with E-state index in [0.29, 0.717) is 39.5 Å². The Bertz CT molecular complexity index is 1380. The summed E-state index contributed by atoms with van der Waals surface area (Å²) in [5.74, 6) is 1.05. The molecule has 8 heteroatoms. The molecule has 0 atom stereocenters. The van der Waals surface area contributed by atoms with E-state index in [2.05, 4.69) is 15.4 Å². The lowest BCUT2D eigenvalue weighted by molar-refractivity contribution is -0.118. The smallest absolute Gasteiger partial charge is 0.282 e. The summed E-state index contributed by atoms with van der Waals surface area (Å²) in [7, 11) is 1.51. The first-order valence-corrected chi connectivity index (χ1v) is 10.2. The second-order valence-corrected chi connectivity index (χ2v) is 7.15. The number of carbonyl (C=O) groups excluding carboxylic acids is 1. The van der Waals surface area contributed by atoms with Gasteiger partial charge < -0.3 is 14.8 Å². The molecule has 0 saturated carbocycles. The molecular formula is C25H22N4O4. The predicted octanol–water partition coefficient (Wildman–Crippen LogP) is 3.61. The molecular weight excluding hydrogens is 420 g/mol. The predicted molar refractivity (Wildman–Crippen MR) is 127 cm³/mol. The molecule has 0 aliphatic carbocycles. The molecule has 3 aromatic carbocycles. The van der Waals surface area contributed by atoms with E-state index in [1.54, 1.807) is 61.7 Å². The van der Waals surface area contributed by atoms with Gasteiger partial charge >= 0.3 is 0 Å². The average molecular weight is 442 g/mol. The number of methoxy groups -OCH3 is 1. The number of fused-ring (bicyclic) bond motifs is 1. The molecule has 4 rings (SSSR count). The number of aryl methyl sites for hydroxylation is 1. The van der Waals surface area contributed by atoms with Crippen LogP contribution in [0.2, 0.25) is 0 Å². The van der Waals surface area contributed by atoms with Crippen molar-refractivity contribution in [3.8, 4) is 11.5 Å². The zero-order valence-electron chi connectivity index (χ0n) is 18.2. The van der Waals surface area contributed by atoms with Crippen LogP contribution in [0.1, 0.15) is 11.4 Å². The van der Waals surface area contributed by atoms with Crippen molar-refractivity contribution in [2.45, 2.75) is 6.92 Å². The van der Waals surface area contributed by atoms with Gasteiger partial charge in [-0.05, 0) is 55.0 Å². The summed E-state index contributed by atoms with van der Waals surface area (Å²) in [5.41, 5.74) is 1.77. The normalized spacial score (nSPS) is 11.0. The summed E-state index contributed by atoms with van der Waals surface area (Å²) in [4.78, 5) is 29.3. The van der Waals surface area contributed by atoms with E-state index in [1.807, 2.05) is 24.3 Å². The van der Waals surface area contributed by atoms with Gasteiger partial charge in [-0.25, -0.2) is 4.98 Å². The number of nitrogens with one attached hydrogen (secondary N) is 1. The van der Waals surface area contributed by atoms with Gasteiger partial charge in [-0.3, -0.25) is 9.59 Å². The third-order valence-electron chi connectivity index (χ3n) is 4.84. The van der Waals surface area contributed by atoms with Gasteiger partial charge in [-0.1, -0.05) is 30.3 Å². The average Bonchev–Trinajstić information content (AvgIpc) is 2.83. The lowest BCUT2D eigenvalue weighted by Crippen LogP contribution is -2.20. The van der Waals surface area contributed by atoms with E-state index in [4.69, 9.17) is 9.47 Å². The summed E-state index contributed by atoms with van der Waals surface area (Å²) in [5, 5.41) is 7.56. The van der Waals surface area contributed by atoms with E-state index < -0.39 is 0 Å². The Morgan fingerprint density at radius 2 is 1.82 bits per heavy atom. The Kier molecular flexibility index (Phi) is 6.45. The lowest BCUT2D eigenvalue weighted by atomic mass is 10.2. The number of rotatable bonds is 7. The van der Waals surface area contributed by atoms with Gasteiger partial charge in [0.25, 0.3) is 11.5 Å². The Balaban J connectivity index is 1.49. The fraction of sp³-hybridized carbons (Fsp3) is 0.120. The number of benzene rings is 3. The Morgan fingerprint density at radius 1 is 1.06 bits per heavy atom.